The molecule has 1 saturated heterocycles. The molecular formula is C12H18N4O5. The maximum Gasteiger partial charge on any atom is 0.329 e. The minimum Gasteiger partial charge on any atom is -0.480 e. The number of ether oxygens (including phenoxy) is 1. The lowest BCUT2D eigenvalue weighted by atomic mass is 10.1. The van der Waals surface area contributed by atoms with Crippen molar-refractivity contribution in [1.29, 1.82) is 0 Å². The number of nitrogens with zero attached hydrogens (tertiary/aromatic N) is 3. The standard InChI is InChI=1S/C12H18N4O5/c17-11(18)7-20-9-2-5-16(6-3-9)12(19)13-4-1-10-14-8-21-15-10/h8-9H,1-7H2,(H,13,19)(H,17,18). The number of aromatic nitrogens is 2. The molecule has 116 valence electrons. The van der Waals surface area contributed by atoms with Crippen LogP contribution >= 0.6 is 0 Å². The van der Waals surface area contributed by atoms with Gasteiger partial charge in [0.1, 0.15) is 6.61 Å². The molecule has 0 aromatic carbocycles. The summed E-state index contributed by atoms with van der Waals surface area (Å²) in [5.41, 5.74) is 0. The van der Waals surface area contributed by atoms with E-state index < -0.39 is 5.97 Å². The Bertz CT molecular complexity index is 456. The fourth-order valence-electron chi connectivity index (χ4n) is 2.11. The third-order valence-electron chi connectivity index (χ3n) is 3.20. The predicted octanol–water partition coefficient (Wildman–Crippen LogP) is -0.113. The van der Waals surface area contributed by atoms with Crippen molar-refractivity contribution in [3.8, 4) is 0 Å². The second-order valence-electron chi connectivity index (χ2n) is 4.72. The molecule has 1 aromatic heterocycles. The Kier molecular flexibility index (Phi) is 5.50. The van der Waals surface area contributed by atoms with Crippen molar-refractivity contribution >= 4 is 12.0 Å². The topological polar surface area (TPSA) is 118 Å². The van der Waals surface area contributed by atoms with Crippen molar-refractivity contribution in [2.24, 2.45) is 0 Å². The highest BCUT2D eigenvalue weighted by atomic mass is 16.5. The average Bonchev–Trinajstić information content (AvgIpc) is 2.99. The molecule has 1 aromatic rings. The number of carboxylic acids is 1. The number of likely N-dealkylation sites (tertiary alicyclic amines) is 1. The largest absolute Gasteiger partial charge is 0.480 e. The zero-order valence-electron chi connectivity index (χ0n) is 11.5. The molecule has 0 aliphatic carbocycles. The van der Waals surface area contributed by atoms with Gasteiger partial charge in [-0.05, 0) is 12.8 Å². The molecule has 2 heterocycles. The molecular weight excluding hydrogens is 280 g/mol. The summed E-state index contributed by atoms with van der Waals surface area (Å²) < 4.78 is 9.82. The number of hydrogen-bond donors (Lipinski definition) is 2. The van der Waals surface area contributed by atoms with E-state index in [1.807, 2.05) is 0 Å². The first-order valence-corrected chi connectivity index (χ1v) is 6.76. The lowest BCUT2D eigenvalue weighted by Gasteiger charge is -2.31. The van der Waals surface area contributed by atoms with Crippen LogP contribution in [-0.2, 0) is 16.0 Å². The van der Waals surface area contributed by atoms with Crippen molar-refractivity contribution in [3.05, 3.63) is 12.2 Å². The van der Waals surface area contributed by atoms with Crippen LogP contribution in [0.4, 0.5) is 4.79 Å². The summed E-state index contributed by atoms with van der Waals surface area (Å²) in [6.45, 7) is 1.26. The first-order chi connectivity index (χ1) is 10.1. The Morgan fingerprint density at radius 2 is 2.24 bits per heavy atom. The van der Waals surface area contributed by atoms with Gasteiger partial charge in [-0.3, -0.25) is 0 Å². The summed E-state index contributed by atoms with van der Waals surface area (Å²) in [6, 6.07) is -0.143. The lowest BCUT2D eigenvalue weighted by Crippen LogP contribution is -2.46. The monoisotopic (exact) mass is 298 g/mol. The van der Waals surface area contributed by atoms with Crippen LogP contribution in [0, 0.1) is 0 Å². The highest BCUT2D eigenvalue weighted by Crippen LogP contribution is 2.13. The molecule has 0 atom stereocenters. The molecule has 0 radical (unpaired) electrons. The number of carboxylic acid groups (broad SMARTS) is 1. The van der Waals surface area contributed by atoms with Gasteiger partial charge in [-0.1, -0.05) is 5.16 Å². The van der Waals surface area contributed by atoms with Gasteiger partial charge in [0, 0.05) is 26.1 Å². The molecule has 0 unspecified atom stereocenters. The summed E-state index contributed by atoms with van der Waals surface area (Å²) in [4.78, 5) is 27.9. The van der Waals surface area contributed by atoms with Crippen LogP contribution in [0.1, 0.15) is 18.7 Å². The number of carbonyl (C=O) groups is 2. The first kappa shape index (κ1) is 15.2. The minimum atomic E-state index is -0.975. The fourth-order valence-corrected chi connectivity index (χ4v) is 2.11. The number of carbonyl (C=O) groups excluding carboxylic acids is 1. The Morgan fingerprint density at radius 3 is 2.86 bits per heavy atom. The van der Waals surface area contributed by atoms with Crippen LogP contribution in [0.3, 0.4) is 0 Å². The Labute approximate surface area is 121 Å². The van der Waals surface area contributed by atoms with Gasteiger partial charge >= 0.3 is 12.0 Å². The molecule has 1 fully saturated rings. The highest BCUT2D eigenvalue weighted by molar-refractivity contribution is 5.74. The van der Waals surface area contributed by atoms with Gasteiger partial charge in [0.05, 0.1) is 6.10 Å². The number of rotatable bonds is 6. The van der Waals surface area contributed by atoms with E-state index in [2.05, 4.69) is 20.0 Å². The van der Waals surface area contributed by atoms with Gasteiger partial charge in [0.25, 0.3) is 0 Å². The van der Waals surface area contributed by atoms with Crippen molar-refractivity contribution in [2.75, 3.05) is 26.2 Å². The molecule has 1 aliphatic heterocycles. The van der Waals surface area contributed by atoms with Gasteiger partial charge in [-0.2, -0.15) is 4.98 Å². The number of aliphatic carboxylic acids is 1. The van der Waals surface area contributed by atoms with Crippen LogP contribution < -0.4 is 5.32 Å². The molecule has 0 bridgehead atoms. The summed E-state index contributed by atoms with van der Waals surface area (Å²) in [6.07, 6.45) is 2.96. The number of urea groups is 1. The van der Waals surface area contributed by atoms with Gasteiger partial charge in [-0.25, -0.2) is 9.59 Å². The van der Waals surface area contributed by atoms with Gasteiger partial charge in [-0.15, -0.1) is 0 Å². The van der Waals surface area contributed by atoms with Crippen molar-refractivity contribution in [1.82, 2.24) is 20.4 Å². The Hall–Kier alpha value is -2.16. The highest BCUT2D eigenvalue weighted by Gasteiger charge is 2.23. The maximum atomic E-state index is 11.9. The van der Waals surface area contributed by atoms with Crippen LogP contribution in [0.15, 0.2) is 10.9 Å². The summed E-state index contributed by atoms with van der Waals surface area (Å²) in [7, 11) is 0. The van der Waals surface area contributed by atoms with Crippen molar-refractivity contribution in [3.63, 3.8) is 0 Å². The van der Waals surface area contributed by atoms with E-state index in [4.69, 9.17) is 9.84 Å². The van der Waals surface area contributed by atoms with Crippen LogP contribution in [0.25, 0.3) is 0 Å². The van der Waals surface area contributed by atoms with Crippen molar-refractivity contribution in [2.45, 2.75) is 25.4 Å². The summed E-state index contributed by atoms with van der Waals surface area (Å²) in [5, 5.41) is 15.0. The molecule has 0 saturated carbocycles. The molecule has 1 aliphatic rings. The van der Waals surface area contributed by atoms with E-state index in [1.165, 1.54) is 6.39 Å². The number of amides is 2. The van der Waals surface area contributed by atoms with Crippen LogP contribution in [-0.4, -0.2) is 64.5 Å². The molecule has 2 rings (SSSR count). The number of nitrogens with one attached hydrogen (secondary N) is 1. The van der Waals surface area contributed by atoms with E-state index in [0.717, 1.165) is 0 Å². The zero-order valence-corrected chi connectivity index (χ0v) is 11.5. The van der Waals surface area contributed by atoms with Crippen LogP contribution in [0.5, 0.6) is 0 Å². The Balaban J connectivity index is 1.62. The molecule has 21 heavy (non-hydrogen) atoms. The smallest absolute Gasteiger partial charge is 0.329 e. The molecule has 2 amide bonds. The van der Waals surface area contributed by atoms with Crippen molar-refractivity contribution < 1.29 is 24.0 Å². The molecule has 9 nitrogen and oxygen atoms in total. The lowest BCUT2D eigenvalue weighted by molar-refractivity contribution is -0.145. The van der Waals surface area contributed by atoms with E-state index >= 15 is 0 Å². The predicted molar refractivity (Wildman–Crippen MR) is 69.6 cm³/mol. The zero-order chi connectivity index (χ0) is 15.1. The minimum absolute atomic E-state index is 0.0931. The molecule has 0 spiro atoms. The first-order valence-electron chi connectivity index (χ1n) is 6.76. The van der Waals surface area contributed by atoms with Gasteiger partial charge in [0.2, 0.25) is 6.39 Å². The second-order valence-corrected chi connectivity index (χ2v) is 4.72. The van der Waals surface area contributed by atoms with Gasteiger partial charge in [0.15, 0.2) is 5.82 Å². The summed E-state index contributed by atoms with van der Waals surface area (Å²) in [5.74, 6) is -0.423. The van der Waals surface area contributed by atoms with Crippen LogP contribution in [0.2, 0.25) is 0 Å². The summed E-state index contributed by atoms with van der Waals surface area (Å²) >= 11 is 0. The SMILES string of the molecule is O=C(O)COC1CCN(C(=O)NCCc2ncon2)CC1. The van der Waals surface area contributed by atoms with E-state index in [9.17, 15) is 9.59 Å². The number of hydrogen-bond acceptors (Lipinski definition) is 6. The molecule has 2 N–H and O–H groups in total. The third kappa shape index (κ3) is 5.03. The van der Waals surface area contributed by atoms with Gasteiger partial charge < -0.3 is 24.6 Å². The Morgan fingerprint density at radius 1 is 1.48 bits per heavy atom. The quantitative estimate of drug-likeness (QED) is 0.752. The maximum absolute atomic E-state index is 11.9. The van der Waals surface area contributed by atoms with E-state index in [1.54, 1.807) is 4.90 Å². The third-order valence-corrected chi connectivity index (χ3v) is 3.20. The van der Waals surface area contributed by atoms with E-state index in [0.29, 0.717) is 44.7 Å². The van der Waals surface area contributed by atoms with E-state index in [-0.39, 0.29) is 18.7 Å². The molecule has 9 heteroatoms. The second kappa shape index (κ2) is 7.58. The average molecular weight is 298 g/mol. The fraction of sp³-hybridized carbons (Fsp3) is 0.667. The number of piperidine rings is 1. The normalized spacial score (nSPS) is 15.9.